The molecule has 3 aromatic rings. The van der Waals surface area contributed by atoms with E-state index in [1.54, 1.807) is 12.3 Å². The maximum atomic E-state index is 5.95. The molecule has 96 valence electrons. The van der Waals surface area contributed by atoms with E-state index < -0.39 is 0 Å². The van der Waals surface area contributed by atoms with Crippen molar-refractivity contribution in [3.63, 3.8) is 0 Å². The van der Waals surface area contributed by atoms with Crippen molar-refractivity contribution in [2.75, 3.05) is 5.32 Å². The van der Waals surface area contributed by atoms with Gasteiger partial charge < -0.3 is 5.32 Å². The molecule has 0 aliphatic carbocycles. The van der Waals surface area contributed by atoms with Crippen molar-refractivity contribution in [3.05, 3.63) is 51.0 Å². The van der Waals surface area contributed by atoms with E-state index in [2.05, 4.69) is 15.3 Å². The van der Waals surface area contributed by atoms with Crippen molar-refractivity contribution in [3.8, 4) is 0 Å². The summed E-state index contributed by atoms with van der Waals surface area (Å²) in [6.45, 7) is 0.664. The third-order valence-corrected chi connectivity index (χ3v) is 3.99. The fourth-order valence-electron chi connectivity index (χ4n) is 1.81. The minimum absolute atomic E-state index is 0.489. The highest BCUT2D eigenvalue weighted by molar-refractivity contribution is 7.15. The smallest absolute Gasteiger partial charge is 0.183 e. The Morgan fingerprint density at radius 3 is 2.84 bits per heavy atom. The number of benzene rings is 1. The monoisotopic (exact) mass is 309 g/mol. The number of nitrogens with one attached hydrogen (secondary N) is 1. The van der Waals surface area contributed by atoms with Crippen LogP contribution in [0.2, 0.25) is 9.62 Å². The van der Waals surface area contributed by atoms with Crippen molar-refractivity contribution in [1.82, 2.24) is 9.97 Å². The first kappa shape index (κ1) is 12.7. The molecule has 3 rings (SSSR count). The molecule has 2 heterocycles. The van der Waals surface area contributed by atoms with Crippen LogP contribution in [0.5, 0.6) is 0 Å². The van der Waals surface area contributed by atoms with E-state index >= 15 is 0 Å². The highest BCUT2D eigenvalue weighted by Gasteiger charge is 2.04. The molecule has 0 atom stereocenters. The summed E-state index contributed by atoms with van der Waals surface area (Å²) in [5.41, 5.74) is 1.81. The Kier molecular flexibility index (Phi) is 3.55. The maximum absolute atomic E-state index is 5.95. The topological polar surface area (TPSA) is 37.8 Å². The van der Waals surface area contributed by atoms with Gasteiger partial charge in [0.25, 0.3) is 0 Å². The quantitative estimate of drug-likeness (QED) is 0.718. The van der Waals surface area contributed by atoms with Gasteiger partial charge in [-0.2, -0.15) is 0 Å². The molecule has 0 saturated carbocycles. The first-order valence-electron chi connectivity index (χ1n) is 5.62. The molecule has 0 aliphatic rings. The molecule has 6 heteroatoms. The molecule has 1 N–H and O–H groups in total. The van der Waals surface area contributed by atoms with Gasteiger partial charge in [0.2, 0.25) is 0 Å². The zero-order chi connectivity index (χ0) is 13.2. The summed E-state index contributed by atoms with van der Waals surface area (Å²) in [4.78, 5) is 9.44. The van der Waals surface area contributed by atoms with Gasteiger partial charge in [0, 0.05) is 16.5 Å². The molecule has 0 aliphatic heterocycles. The van der Waals surface area contributed by atoms with Crippen LogP contribution in [-0.4, -0.2) is 9.97 Å². The van der Waals surface area contributed by atoms with Gasteiger partial charge in [-0.15, -0.1) is 11.3 Å². The van der Waals surface area contributed by atoms with Crippen molar-refractivity contribution in [2.24, 2.45) is 0 Å². The average molecular weight is 310 g/mol. The summed E-state index contributed by atoms with van der Waals surface area (Å²) in [6, 6.07) is 9.72. The van der Waals surface area contributed by atoms with Crippen LogP contribution in [-0.2, 0) is 6.54 Å². The molecule has 0 bridgehead atoms. The molecule has 0 unspecified atom stereocenters. The van der Waals surface area contributed by atoms with E-state index in [9.17, 15) is 0 Å². The van der Waals surface area contributed by atoms with E-state index in [4.69, 9.17) is 23.2 Å². The summed E-state index contributed by atoms with van der Waals surface area (Å²) in [6.07, 6.45) is 1.77. The zero-order valence-corrected chi connectivity index (χ0v) is 12.1. The first-order chi connectivity index (χ1) is 9.22. The molecular weight excluding hydrogens is 301 g/mol. The number of halogens is 2. The van der Waals surface area contributed by atoms with Crippen LogP contribution in [0, 0.1) is 0 Å². The van der Waals surface area contributed by atoms with Crippen molar-refractivity contribution >= 4 is 51.1 Å². The molecule has 1 aromatic carbocycles. The van der Waals surface area contributed by atoms with E-state index in [0.717, 1.165) is 21.5 Å². The number of thiazole rings is 1. The molecule has 19 heavy (non-hydrogen) atoms. The zero-order valence-electron chi connectivity index (χ0n) is 9.73. The number of anilines is 1. The minimum Gasteiger partial charge on any atom is -0.378 e. The highest BCUT2D eigenvalue weighted by Crippen LogP contribution is 2.25. The van der Waals surface area contributed by atoms with Gasteiger partial charge >= 0.3 is 0 Å². The van der Waals surface area contributed by atoms with E-state index in [-0.39, 0.29) is 0 Å². The number of hydrogen-bond acceptors (Lipinski definition) is 4. The average Bonchev–Trinajstić information content (AvgIpc) is 2.82. The predicted octanol–water partition coefficient (Wildman–Crippen LogP) is 4.61. The molecule has 0 radical (unpaired) electrons. The van der Waals surface area contributed by atoms with Crippen LogP contribution in [0.25, 0.3) is 10.9 Å². The Labute approximate surface area is 124 Å². The summed E-state index contributed by atoms with van der Waals surface area (Å²) >= 11 is 13.2. The Morgan fingerprint density at radius 2 is 2.05 bits per heavy atom. The number of hydrogen-bond donors (Lipinski definition) is 1. The number of pyridine rings is 1. The molecule has 0 saturated heterocycles. The summed E-state index contributed by atoms with van der Waals surface area (Å²) in [5.74, 6) is 0. The number of rotatable bonds is 3. The van der Waals surface area contributed by atoms with E-state index in [1.165, 1.54) is 11.3 Å². The normalized spacial score (nSPS) is 10.8. The third-order valence-electron chi connectivity index (χ3n) is 2.66. The standard InChI is InChI=1S/C13H9Cl2N3S/c14-11-5-4-8-2-1-3-10(12(8)18-11)16-6-9-7-17-13(15)19-9/h1-5,7,16H,6H2. The summed E-state index contributed by atoms with van der Waals surface area (Å²) in [5, 5.41) is 4.88. The lowest BCUT2D eigenvalue weighted by Gasteiger charge is -2.08. The van der Waals surface area contributed by atoms with Crippen LogP contribution in [0.1, 0.15) is 4.88 Å². The molecule has 3 nitrogen and oxygen atoms in total. The van der Waals surface area contributed by atoms with Gasteiger partial charge in [0.1, 0.15) is 5.15 Å². The van der Waals surface area contributed by atoms with Gasteiger partial charge in [0.05, 0.1) is 17.7 Å². The predicted molar refractivity (Wildman–Crippen MR) is 81.2 cm³/mol. The van der Waals surface area contributed by atoms with Crippen molar-refractivity contribution < 1.29 is 0 Å². The molecular formula is C13H9Cl2N3S. The lowest BCUT2D eigenvalue weighted by atomic mass is 10.2. The lowest BCUT2D eigenvalue weighted by Crippen LogP contribution is -1.99. The van der Waals surface area contributed by atoms with Gasteiger partial charge in [0.15, 0.2) is 4.47 Å². The molecule has 0 amide bonds. The van der Waals surface area contributed by atoms with Crippen LogP contribution in [0.3, 0.4) is 0 Å². The Hall–Kier alpha value is -1.36. The number of fused-ring (bicyclic) bond motifs is 1. The fraction of sp³-hybridized carbons (Fsp3) is 0.0769. The summed E-state index contributed by atoms with van der Waals surface area (Å²) < 4.78 is 0.552. The van der Waals surface area contributed by atoms with Crippen LogP contribution >= 0.6 is 34.5 Å². The number of para-hydroxylation sites is 1. The summed E-state index contributed by atoms with van der Waals surface area (Å²) in [7, 11) is 0. The molecule has 2 aromatic heterocycles. The Bertz CT molecular complexity index is 727. The minimum atomic E-state index is 0.489. The second-order valence-electron chi connectivity index (χ2n) is 3.94. The fourth-order valence-corrected chi connectivity index (χ4v) is 2.88. The van der Waals surface area contributed by atoms with Gasteiger partial charge in [-0.25, -0.2) is 9.97 Å². The van der Waals surface area contributed by atoms with Crippen LogP contribution in [0.15, 0.2) is 36.5 Å². The Balaban J connectivity index is 1.90. The van der Waals surface area contributed by atoms with Gasteiger partial charge in [-0.05, 0) is 18.2 Å². The van der Waals surface area contributed by atoms with Crippen LogP contribution in [0.4, 0.5) is 5.69 Å². The first-order valence-corrected chi connectivity index (χ1v) is 7.19. The third kappa shape index (κ3) is 2.81. The van der Waals surface area contributed by atoms with Gasteiger partial charge in [-0.3, -0.25) is 0 Å². The largest absolute Gasteiger partial charge is 0.378 e. The van der Waals surface area contributed by atoms with Gasteiger partial charge in [-0.1, -0.05) is 35.3 Å². The highest BCUT2D eigenvalue weighted by atomic mass is 35.5. The van der Waals surface area contributed by atoms with Crippen molar-refractivity contribution in [1.29, 1.82) is 0 Å². The maximum Gasteiger partial charge on any atom is 0.183 e. The second kappa shape index (κ2) is 5.33. The second-order valence-corrected chi connectivity index (χ2v) is 6.03. The molecule has 0 fully saturated rings. The lowest BCUT2D eigenvalue weighted by molar-refractivity contribution is 1.18. The Morgan fingerprint density at radius 1 is 1.16 bits per heavy atom. The number of nitrogens with zero attached hydrogens (tertiary/aromatic N) is 2. The molecule has 0 spiro atoms. The van der Waals surface area contributed by atoms with Crippen molar-refractivity contribution in [2.45, 2.75) is 6.54 Å². The number of aromatic nitrogens is 2. The van der Waals surface area contributed by atoms with Crippen LogP contribution < -0.4 is 5.32 Å². The van der Waals surface area contributed by atoms with E-state index in [0.29, 0.717) is 16.2 Å². The SMILES string of the molecule is Clc1ccc2cccc(NCc3cnc(Cl)s3)c2n1. The van der Waals surface area contributed by atoms with E-state index in [1.807, 2.05) is 24.3 Å².